The first-order valence-corrected chi connectivity index (χ1v) is 5.75. The van der Waals surface area contributed by atoms with Crippen LogP contribution in [0.5, 0.6) is 0 Å². The lowest BCUT2D eigenvalue weighted by molar-refractivity contribution is 0.199. The lowest BCUT2D eigenvalue weighted by Gasteiger charge is -2.14. The zero-order valence-electron chi connectivity index (χ0n) is 9.24. The normalized spacial score (nSPS) is 18.4. The Morgan fingerprint density at radius 2 is 2.13 bits per heavy atom. The van der Waals surface area contributed by atoms with Gasteiger partial charge in [0.2, 0.25) is 0 Å². The molecule has 0 heterocycles. The van der Waals surface area contributed by atoms with Gasteiger partial charge in [0.1, 0.15) is 0 Å². The molecule has 1 heteroatoms. The third-order valence-electron chi connectivity index (χ3n) is 3.03. The molecule has 0 radical (unpaired) electrons. The van der Waals surface area contributed by atoms with E-state index in [9.17, 15) is 5.11 Å². The Balaban J connectivity index is 2.27. The first kappa shape index (κ1) is 10.4. The molecule has 1 N–H and O–H groups in total. The highest BCUT2D eigenvalue weighted by Gasteiger charge is 2.07. The van der Waals surface area contributed by atoms with Crippen molar-refractivity contribution in [2.75, 3.05) is 0 Å². The first-order valence-electron chi connectivity index (χ1n) is 5.75. The zero-order valence-corrected chi connectivity index (χ0v) is 9.24. The quantitative estimate of drug-likeness (QED) is 0.775. The fraction of sp³-hybridized carbons (Fsp3) is 0.429. The van der Waals surface area contributed by atoms with Crippen LogP contribution in [0, 0.1) is 0 Å². The molecule has 2 rings (SSSR count). The highest BCUT2D eigenvalue weighted by atomic mass is 16.3. The molecule has 1 aliphatic carbocycles. The summed E-state index contributed by atoms with van der Waals surface area (Å²) in [6.07, 6.45) is 6.97. The van der Waals surface area contributed by atoms with Crippen molar-refractivity contribution < 1.29 is 5.11 Å². The first-order chi connectivity index (χ1) is 7.27. The summed E-state index contributed by atoms with van der Waals surface area (Å²) in [6, 6.07) is 8.27. The molecule has 0 aliphatic heterocycles. The summed E-state index contributed by atoms with van der Waals surface area (Å²) in [5.41, 5.74) is 3.75. The molecule has 0 aromatic heterocycles. The molecule has 15 heavy (non-hydrogen) atoms. The van der Waals surface area contributed by atoms with E-state index in [1.165, 1.54) is 36.8 Å². The predicted octanol–water partition coefficient (Wildman–Crippen LogP) is 3.70. The van der Waals surface area contributed by atoms with Crippen LogP contribution < -0.4 is 0 Å². The van der Waals surface area contributed by atoms with Crippen molar-refractivity contribution in [3.05, 3.63) is 41.5 Å². The van der Waals surface area contributed by atoms with E-state index in [1.54, 1.807) is 0 Å². The molecule has 80 valence electrons. The van der Waals surface area contributed by atoms with Gasteiger partial charge < -0.3 is 5.11 Å². The molecule has 0 fully saturated rings. The van der Waals surface area contributed by atoms with Gasteiger partial charge in [0.15, 0.2) is 0 Å². The summed E-state index contributed by atoms with van der Waals surface area (Å²) in [7, 11) is 0. The van der Waals surface area contributed by atoms with Gasteiger partial charge in [0.05, 0.1) is 6.10 Å². The Labute approximate surface area is 91.4 Å². The van der Waals surface area contributed by atoms with Gasteiger partial charge in [-0.05, 0) is 55.4 Å². The summed E-state index contributed by atoms with van der Waals surface area (Å²) in [5.74, 6) is 0. The number of allylic oxidation sites excluding steroid dienone is 2. The van der Waals surface area contributed by atoms with Gasteiger partial charge in [-0.25, -0.2) is 0 Å². The Kier molecular flexibility index (Phi) is 3.22. The van der Waals surface area contributed by atoms with Gasteiger partial charge in [0, 0.05) is 0 Å². The lowest BCUT2D eigenvalue weighted by Crippen LogP contribution is -1.95. The summed E-state index contributed by atoms with van der Waals surface area (Å²) in [6.45, 7) is 1.81. The van der Waals surface area contributed by atoms with Gasteiger partial charge in [-0.3, -0.25) is 0 Å². The second-order valence-corrected chi connectivity index (χ2v) is 4.28. The molecule has 1 nitrogen and oxygen atoms in total. The number of aliphatic hydroxyl groups excluding tert-OH is 1. The van der Waals surface area contributed by atoms with Gasteiger partial charge in [-0.1, -0.05) is 24.3 Å². The predicted molar refractivity (Wildman–Crippen MR) is 63.5 cm³/mol. The number of rotatable bonds is 2. The maximum atomic E-state index is 9.53. The van der Waals surface area contributed by atoms with Gasteiger partial charge >= 0.3 is 0 Å². The summed E-state index contributed by atoms with van der Waals surface area (Å²) < 4.78 is 0. The van der Waals surface area contributed by atoms with Crippen LogP contribution >= 0.6 is 0 Å². The Bertz CT molecular complexity index is 363. The molecule has 1 unspecified atom stereocenters. The standard InChI is InChI=1S/C14H18O/c1-11(15)13-8-5-9-14(10-13)12-6-3-2-4-7-12/h5-6,8-11,15H,2-4,7H2,1H3. The number of aliphatic hydroxyl groups is 1. The highest BCUT2D eigenvalue weighted by molar-refractivity contribution is 5.66. The fourth-order valence-electron chi connectivity index (χ4n) is 2.10. The van der Waals surface area contributed by atoms with Gasteiger partial charge in [0.25, 0.3) is 0 Å². The smallest absolute Gasteiger partial charge is 0.0762 e. The van der Waals surface area contributed by atoms with Crippen molar-refractivity contribution in [2.24, 2.45) is 0 Å². The Hall–Kier alpha value is -1.08. The number of benzene rings is 1. The number of hydrogen-bond donors (Lipinski definition) is 1. The van der Waals surface area contributed by atoms with Crippen LogP contribution in [0.4, 0.5) is 0 Å². The van der Waals surface area contributed by atoms with Crippen LogP contribution in [0.25, 0.3) is 5.57 Å². The van der Waals surface area contributed by atoms with Crippen molar-refractivity contribution in [2.45, 2.75) is 38.7 Å². The second kappa shape index (κ2) is 4.63. The molecular formula is C14H18O. The van der Waals surface area contributed by atoms with Crippen LogP contribution in [0.15, 0.2) is 30.3 Å². The molecule has 1 aromatic rings. The van der Waals surface area contributed by atoms with Crippen molar-refractivity contribution in [3.8, 4) is 0 Å². The lowest BCUT2D eigenvalue weighted by atomic mass is 9.92. The molecule has 1 aromatic carbocycles. The SMILES string of the molecule is CC(O)c1cccc(C2=CCCCC2)c1. The van der Waals surface area contributed by atoms with Crippen molar-refractivity contribution in [3.63, 3.8) is 0 Å². The zero-order chi connectivity index (χ0) is 10.7. The average Bonchev–Trinajstić information content (AvgIpc) is 2.30. The van der Waals surface area contributed by atoms with Crippen LogP contribution in [-0.2, 0) is 0 Å². The van der Waals surface area contributed by atoms with Crippen molar-refractivity contribution in [1.29, 1.82) is 0 Å². The van der Waals surface area contributed by atoms with E-state index in [0.29, 0.717) is 0 Å². The summed E-state index contributed by atoms with van der Waals surface area (Å²) in [4.78, 5) is 0. The second-order valence-electron chi connectivity index (χ2n) is 4.28. The van der Waals surface area contributed by atoms with Crippen LogP contribution in [0.3, 0.4) is 0 Å². The van der Waals surface area contributed by atoms with Crippen molar-refractivity contribution >= 4 is 5.57 Å². The van der Waals surface area contributed by atoms with E-state index in [2.05, 4.69) is 18.2 Å². The van der Waals surface area contributed by atoms with E-state index >= 15 is 0 Å². The third kappa shape index (κ3) is 2.48. The van der Waals surface area contributed by atoms with E-state index in [0.717, 1.165) is 5.56 Å². The molecule has 1 aliphatic rings. The molecule has 0 amide bonds. The van der Waals surface area contributed by atoms with Crippen LogP contribution in [0.2, 0.25) is 0 Å². The van der Waals surface area contributed by atoms with Crippen LogP contribution in [0.1, 0.15) is 49.8 Å². The maximum Gasteiger partial charge on any atom is 0.0762 e. The highest BCUT2D eigenvalue weighted by Crippen LogP contribution is 2.28. The molecule has 0 saturated carbocycles. The largest absolute Gasteiger partial charge is 0.389 e. The molecule has 0 spiro atoms. The summed E-state index contributed by atoms with van der Waals surface area (Å²) in [5, 5.41) is 9.53. The summed E-state index contributed by atoms with van der Waals surface area (Å²) >= 11 is 0. The minimum absolute atomic E-state index is 0.367. The van der Waals surface area contributed by atoms with Gasteiger partial charge in [-0.2, -0.15) is 0 Å². The van der Waals surface area contributed by atoms with E-state index in [4.69, 9.17) is 0 Å². The topological polar surface area (TPSA) is 20.2 Å². The molecular weight excluding hydrogens is 184 g/mol. The molecule has 0 saturated heterocycles. The Morgan fingerprint density at radius 1 is 1.27 bits per heavy atom. The molecule has 0 bridgehead atoms. The average molecular weight is 202 g/mol. The van der Waals surface area contributed by atoms with E-state index in [-0.39, 0.29) is 6.10 Å². The monoisotopic (exact) mass is 202 g/mol. The van der Waals surface area contributed by atoms with E-state index in [1.807, 2.05) is 19.1 Å². The molecule has 1 atom stereocenters. The van der Waals surface area contributed by atoms with Crippen molar-refractivity contribution in [1.82, 2.24) is 0 Å². The fourth-order valence-corrected chi connectivity index (χ4v) is 2.10. The van der Waals surface area contributed by atoms with Gasteiger partial charge in [-0.15, -0.1) is 0 Å². The number of hydrogen-bond acceptors (Lipinski definition) is 1. The Morgan fingerprint density at radius 3 is 2.80 bits per heavy atom. The minimum Gasteiger partial charge on any atom is -0.389 e. The minimum atomic E-state index is -0.367. The maximum absolute atomic E-state index is 9.53. The third-order valence-corrected chi connectivity index (χ3v) is 3.03. The van der Waals surface area contributed by atoms with E-state index < -0.39 is 0 Å². The van der Waals surface area contributed by atoms with Crippen LogP contribution in [-0.4, -0.2) is 5.11 Å².